The van der Waals surface area contributed by atoms with Crippen LogP contribution in [0, 0.1) is 19.7 Å². The summed E-state index contributed by atoms with van der Waals surface area (Å²) in [5.74, 6) is 0.0119. The standard InChI is InChI=1S/C21H19FN4O2/c1-12-10-16-17(11-13(12)2)26(9-5-7-14-6-3-4-8-15(14)22)19-18(23-16)20(27)25-21(28)24-19/h3-4,6,8,10-11H,5,7,9H2,1-2H3,(H,25,27,28). The fourth-order valence-electron chi connectivity index (χ4n) is 3.41. The summed E-state index contributed by atoms with van der Waals surface area (Å²) in [5, 5.41) is 0. The predicted molar refractivity (Wildman–Crippen MR) is 105 cm³/mol. The molecule has 2 aliphatic heterocycles. The van der Waals surface area contributed by atoms with Crippen LogP contribution in [0.3, 0.4) is 0 Å². The van der Waals surface area contributed by atoms with Crippen LogP contribution in [0.5, 0.6) is 0 Å². The van der Waals surface area contributed by atoms with Crippen LogP contribution in [0.15, 0.2) is 46.0 Å². The van der Waals surface area contributed by atoms with Crippen molar-refractivity contribution in [3.8, 4) is 11.5 Å². The minimum absolute atomic E-state index is 0.126. The third-order valence-electron chi connectivity index (χ3n) is 5.01. The van der Waals surface area contributed by atoms with Crippen LogP contribution in [-0.2, 0) is 13.0 Å². The molecule has 0 aliphatic carbocycles. The number of benzene rings is 2. The Balaban J connectivity index is 1.83. The molecule has 0 radical (unpaired) electrons. The lowest BCUT2D eigenvalue weighted by Gasteiger charge is -2.17. The zero-order chi connectivity index (χ0) is 19.8. The second-order valence-corrected chi connectivity index (χ2v) is 6.93. The monoisotopic (exact) mass is 378 g/mol. The number of halogens is 1. The summed E-state index contributed by atoms with van der Waals surface area (Å²) < 4.78 is 15.7. The summed E-state index contributed by atoms with van der Waals surface area (Å²) in [5.41, 5.74) is 3.08. The number of rotatable bonds is 4. The third-order valence-corrected chi connectivity index (χ3v) is 5.01. The minimum Gasteiger partial charge on any atom is -0.322 e. The zero-order valence-corrected chi connectivity index (χ0v) is 15.6. The lowest BCUT2D eigenvalue weighted by molar-refractivity contribution is 0.589. The van der Waals surface area contributed by atoms with E-state index >= 15 is 0 Å². The molecule has 0 unspecified atom stereocenters. The fraction of sp³-hybridized carbons (Fsp3) is 0.238. The van der Waals surface area contributed by atoms with Crippen LogP contribution < -0.4 is 11.2 Å². The molecule has 0 spiro atoms. The summed E-state index contributed by atoms with van der Waals surface area (Å²) in [7, 11) is 0. The first kappa shape index (κ1) is 18.0. The van der Waals surface area contributed by atoms with Crippen LogP contribution in [0.2, 0.25) is 0 Å². The van der Waals surface area contributed by atoms with Crippen molar-refractivity contribution in [3.05, 3.63) is 79.7 Å². The molecule has 6 nitrogen and oxygen atoms in total. The molecule has 1 N–H and O–H groups in total. The molecule has 0 amide bonds. The van der Waals surface area contributed by atoms with Gasteiger partial charge in [0.1, 0.15) is 5.82 Å². The van der Waals surface area contributed by atoms with Crippen LogP contribution >= 0.6 is 0 Å². The van der Waals surface area contributed by atoms with Crippen LogP contribution in [0.1, 0.15) is 23.1 Å². The molecule has 0 saturated carbocycles. The van der Waals surface area contributed by atoms with Crippen LogP contribution in [0.25, 0.3) is 22.6 Å². The molecule has 7 heteroatoms. The van der Waals surface area contributed by atoms with Crippen molar-refractivity contribution >= 4 is 11.0 Å². The van der Waals surface area contributed by atoms with Gasteiger partial charge in [0.2, 0.25) is 0 Å². The van der Waals surface area contributed by atoms with Gasteiger partial charge in [0.25, 0.3) is 5.56 Å². The van der Waals surface area contributed by atoms with Gasteiger partial charge in [-0.2, -0.15) is 4.98 Å². The summed E-state index contributed by atoms with van der Waals surface area (Å²) in [6, 6.07) is 10.6. The zero-order valence-electron chi connectivity index (χ0n) is 15.6. The van der Waals surface area contributed by atoms with Crippen molar-refractivity contribution in [2.75, 3.05) is 0 Å². The second kappa shape index (κ2) is 6.99. The number of nitrogens with one attached hydrogen (secondary N) is 1. The van der Waals surface area contributed by atoms with Crippen molar-refractivity contribution in [2.45, 2.75) is 33.2 Å². The van der Waals surface area contributed by atoms with E-state index in [4.69, 9.17) is 0 Å². The molecule has 0 aromatic heterocycles. The third kappa shape index (κ3) is 3.19. The van der Waals surface area contributed by atoms with Crippen LogP contribution in [-0.4, -0.2) is 19.5 Å². The number of aryl methyl sites for hydroxylation is 4. The van der Waals surface area contributed by atoms with Gasteiger partial charge in [0.15, 0.2) is 11.5 Å². The van der Waals surface area contributed by atoms with E-state index in [0.717, 1.165) is 16.6 Å². The number of aromatic nitrogens is 4. The van der Waals surface area contributed by atoms with Crippen molar-refractivity contribution in [1.82, 2.24) is 19.5 Å². The summed E-state index contributed by atoms with van der Waals surface area (Å²) in [4.78, 5) is 34.7. The van der Waals surface area contributed by atoms with Gasteiger partial charge >= 0.3 is 5.69 Å². The van der Waals surface area contributed by atoms with Crippen molar-refractivity contribution < 1.29 is 4.39 Å². The molecular formula is C21H19FN4O2. The number of nitrogens with zero attached hydrogens (tertiary/aromatic N) is 3. The average Bonchev–Trinajstić information content (AvgIpc) is 2.65. The second-order valence-electron chi connectivity index (χ2n) is 6.93. The molecule has 0 saturated heterocycles. The molecule has 2 heterocycles. The topological polar surface area (TPSA) is 80.6 Å². The molecule has 0 atom stereocenters. The van der Waals surface area contributed by atoms with E-state index in [0.29, 0.717) is 30.5 Å². The normalized spacial score (nSPS) is 11.4. The molecule has 0 bridgehead atoms. The first-order valence-corrected chi connectivity index (χ1v) is 9.09. The van der Waals surface area contributed by atoms with Gasteiger partial charge < -0.3 is 4.57 Å². The Hall–Kier alpha value is -3.35. The van der Waals surface area contributed by atoms with E-state index in [1.165, 1.54) is 6.07 Å². The number of fused-ring (bicyclic) bond motifs is 2. The molecule has 2 aliphatic rings. The molecule has 142 valence electrons. The van der Waals surface area contributed by atoms with Crippen LogP contribution in [0.4, 0.5) is 4.39 Å². The smallest absolute Gasteiger partial charge is 0.322 e. The molecule has 4 rings (SSSR count). The predicted octanol–water partition coefficient (Wildman–Crippen LogP) is 2.97. The van der Waals surface area contributed by atoms with E-state index in [9.17, 15) is 14.0 Å². The minimum atomic E-state index is -0.703. The van der Waals surface area contributed by atoms with E-state index < -0.39 is 11.2 Å². The summed E-state index contributed by atoms with van der Waals surface area (Å²) in [6.07, 6.45) is 1.15. The number of hydrogen-bond donors (Lipinski definition) is 1. The average molecular weight is 378 g/mol. The Bertz CT molecular complexity index is 1280. The lowest BCUT2D eigenvalue weighted by atomic mass is 10.1. The Morgan fingerprint density at radius 2 is 1.82 bits per heavy atom. The SMILES string of the molecule is Cc1cc2nc3c(=O)[nH]c(=O)nc-3n(CCCc3ccccc3F)c2cc1C. The highest BCUT2D eigenvalue weighted by Gasteiger charge is 2.19. The molecule has 0 fully saturated rings. The maximum absolute atomic E-state index is 13.9. The maximum atomic E-state index is 13.9. The summed E-state index contributed by atoms with van der Waals surface area (Å²) >= 11 is 0. The number of hydrogen-bond acceptors (Lipinski definition) is 4. The van der Waals surface area contributed by atoms with E-state index in [1.54, 1.807) is 18.2 Å². The number of aromatic amines is 1. The Morgan fingerprint density at radius 3 is 2.61 bits per heavy atom. The van der Waals surface area contributed by atoms with Crippen molar-refractivity contribution in [1.29, 1.82) is 0 Å². The first-order valence-electron chi connectivity index (χ1n) is 9.09. The summed E-state index contributed by atoms with van der Waals surface area (Å²) in [6.45, 7) is 4.45. The number of H-pyrrole nitrogens is 1. The maximum Gasteiger partial charge on any atom is 0.349 e. The quantitative estimate of drug-likeness (QED) is 0.554. The van der Waals surface area contributed by atoms with E-state index in [2.05, 4.69) is 15.0 Å². The Morgan fingerprint density at radius 1 is 1.07 bits per heavy atom. The molecular weight excluding hydrogens is 359 g/mol. The van der Waals surface area contributed by atoms with Crippen molar-refractivity contribution in [3.63, 3.8) is 0 Å². The Labute approximate surface area is 160 Å². The van der Waals surface area contributed by atoms with E-state index in [-0.39, 0.29) is 17.3 Å². The highest BCUT2D eigenvalue weighted by molar-refractivity contribution is 5.81. The van der Waals surface area contributed by atoms with Gasteiger partial charge in [-0.15, -0.1) is 0 Å². The first-order chi connectivity index (χ1) is 13.4. The molecule has 2 aromatic carbocycles. The highest BCUT2D eigenvalue weighted by atomic mass is 19.1. The van der Waals surface area contributed by atoms with Gasteiger partial charge in [0, 0.05) is 6.54 Å². The van der Waals surface area contributed by atoms with Crippen molar-refractivity contribution in [2.24, 2.45) is 0 Å². The largest absolute Gasteiger partial charge is 0.349 e. The van der Waals surface area contributed by atoms with E-state index in [1.807, 2.05) is 30.5 Å². The Kier molecular flexibility index (Phi) is 4.50. The van der Waals surface area contributed by atoms with Gasteiger partial charge in [0.05, 0.1) is 11.0 Å². The lowest BCUT2D eigenvalue weighted by Crippen LogP contribution is -2.29. The molecule has 28 heavy (non-hydrogen) atoms. The highest BCUT2D eigenvalue weighted by Crippen LogP contribution is 2.24. The van der Waals surface area contributed by atoms with Gasteiger partial charge in [-0.05, 0) is 61.6 Å². The fourth-order valence-corrected chi connectivity index (χ4v) is 3.41. The molecule has 2 aromatic rings. The van der Waals surface area contributed by atoms with Gasteiger partial charge in [-0.1, -0.05) is 18.2 Å². The van der Waals surface area contributed by atoms with Gasteiger partial charge in [-0.3, -0.25) is 9.78 Å². The van der Waals surface area contributed by atoms with Gasteiger partial charge in [-0.25, -0.2) is 14.2 Å².